The molecule has 0 bridgehead atoms. The van der Waals surface area contributed by atoms with Crippen molar-refractivity contribution in [2.75, 3.05) is 6.61 Å². The van der Waals surface area contributed by atoms with Crippen molar-refractivity contribution in [2.45, 2.75) is 70.8 Å². The highest BCUT2D eigenvalue weighted by Gasteiger charge is 2.41. The molecule has 1 saturated heterocycles. The van der Waals surface area contributed by atoms with Gasteiger partial charge in [0.1, 0.15) is 0 Å². The Balaban J connectivity index is 2.00. The van der Waals surface area contributed by atoms with E-state index < -0.39 is 0 Å². The molecule has 1 saturated carbocycles. The third-order valence-corrected chi connectivity index (χ3v) is 4.66. The summed E-state index contributed by atoms with van der Waals surface area (Å²) in [5, 5.41) is 0. The second-order valence-electron chi connectivity index (χ2n) is 5.84. The molecule has 1 aliphatic heterocycles. The van der Waals surface area contributed by atoms with Gasteiger partial charge in [-0.3, -0.25) is 4.79 Å². The molecule has 0 N–H and O–H groups in total. The lowest BCUT2D eigenvalue weighted by atomic mass is 9.82. The summed E-state index contributed by atoms with van der Waals surface area (Å²) >= 11 is 0. The molecule has 1 atom stereocenters. The maximum atomic E-state index is 12.3. The van der Waals surface area contributed by atoms with E-state index in [0.717, 1.165) is 45.1 Å². The highest BCUT2D eigenvalue weighted by Crippen LogP contribution is 2.42. The molecular weight excluding hydrogens is 224 g/mol. The van der Waals surface area contributed by atoms with Gasteiger partial charge in [-0.1, -0.05) is 32.3 Å². The zero-order valence-corrected chi connectivity index (χ0v) is 11.8. The Labute approximate surface area is 111 Å². The Kier molecular flexibility index (Phi) is 4.60. The summed E-state index contributed by atoms with van der Waals surface area (Å²) in [6.07, 6.45) is 10.6. The molecule has 2 nitrogen and oxygen atoms in total. The molecule has 2 fully saturated rings. The first-order valence-electron chi connectivity index (χ1n) is 7.56. The quantitative estimate of drug-likeness (QED) is 0.704. The van der Waals surface area contributed by atoms with Crippen molar-refractivity contribution < 1.29 is 9.53 Å². The second-order valence-corrected chi connectivity index (χ2v) is 5.84. The SMILES string of the molecule is CCC(=CC(=O)C1CCOC2(CCCC2)C1)CC. The number of ether oxygens (including phenoxy) is 1. The van der Waals surface area contributed by atoms with Gasteiger partial charge >= 0.3 is 0 Å². The predicted molar refractivity (Wildman–Crippen MR) is 73.5 cm³/mol. The summed E-state index contributed by atoms with van der Waals surface area (Å²) in [4.78, 5) is 12.3. The second kappa shape index (κ2) is 6.01. The van der Waals surface area contributed by atoms with Crippen LogP contribution < -0.4 is 0 Å². The van der Waals surface area contributed by atoms with E-state index >= 15 is 0 Å². The average Bonchev–Trinajstić information content (AvgIpc) is 2.83. The minimum absolute atomic E-state index is 0.0605. The summed E-state index contributed by atoms with van der Waals surface area (Å²) in [6, 6.07) is 0. The monoisotopic (exact) mass is 250 g/mol. The largest absolute Gasteiger partial charge is 0.375 e. The van der Waals surface area contributed by atoms with Gasteiger partial charge in [0, 0.05) is 12.5 Å². The Morgan fingerprint density at radius 3 is 2.56 bits per heavy atom. The molecule has 1 spiro atoms. The van der Waals surface area contributed by atoms with Crippen LogP contribution in [0.15, 0.2) is 11.6 Å². The zero-order chi connectivity index (χ0) is 13.0. The molecule has 0 aromatic heterocycles. The Morgan fingerprint density at radius 2 is 1.94 bits per heavy atom. The first kappa shape index (κ1) is 13.8. The lowest BCUT2D eigenvalue weighted by Crippen LogP contribution is -2.39. The van der Waals surface area contributed by atoms with Crippen LogP contribution in [0.2, 0.25) is 0 Å². The predicted octanol–water partition coefficient (Wildman–Crippen LogP) is 4.04. The third kappa shape index (κ3) is 3.03. The minimum atomic E-state index is 0.0605. The van der Waals surface area contributed by atoms with E-state index in [1.54, 1.807) is 0 Å². The van der Waals surface area contributed by atoms with Crippen LogP contribution in [0.5, 0.6) is 0 Å². The number of rotatable bonds is 4. The molecule has 0 radical (unpaired) electrons. The molecule has 18 heavy (non-hydrogen) atoms. The van der Waals surface area contributed by atoms with Crippen molar-refractivity contribution >= 4 is 5.78 Å². The smallest absolute Gasteiger partial charge is 0.158 e. The Morgan fingerprint density at radius 1 is 1.28 bits per heavy atom. The van der Waals surface area contributed by atoms with Crippen molar-refractivity contribution in [1.29, 1.82) is 0 Å². The van der Waals surface area contributed by atoms with E-state index in [2.05, 4.69) is 13.8 Å². The molecule has 2 aliphatic rings. The lowest BCUT2D eigenvalue weighted by molar-refractivity contribution is -0.132. The maximum absolute atomic E-state index is 12.3. The van der Waals surface area contributed by atoms with Gasteiger partial charge in [0.2, 0.25) is 0 Å². The molecule has 0 aromatic carbocycles. The first-order valence-corrected chi connectivity index (χ1v) is 7.56. The first-order chi connectivity index (χ1) is 8.69. The average molecular weight is 250 g/mol. The van der Waals surface area contributed by atoms with Crippen LogP contribution in [0.3, 0.4) is 0 Å². The molecule has 1 aliphatic carbocycles. The molecule has 102 valence electrons. The van der Waals surface area contributed by atoms with Gasteiger partial charge in [0.15, 0.2) is 5.78 Å². The number of carbonyl (C=O) groups is 1. The van der Waals surface area contributed by atoms with Crippen molar-refractivity contribution in [2.24, 2.45) is 5.92 Å². The van der Waals surface area contributed by atoms with Crippen LogP contribution in [-0.2, 0) is 9.53 Å². The standard InChI is InChI=1S/C16H26O2/c1-3-13(4-2)11-15(17)14-7-10-18-16(12-14)8-5-6-9-16/h11,14H,3-10,12H2,1-2H3. The topological polar surface area (TPSA) is 26.3 Å². The van der Waals surface area contributed by atoms with Gasteiger partial charge in [-0.2, -0.15) is 0 Å². The summed E-state index contributed by atoms with van der Waals surface area (Å²) < 4.78 is 5.99. The fourth-order valence-corrected chi connectivity index (χ4v) is 3.41. The van der Waals surface area contributed by atoms with E-state index in [-0.39, 0.29) is 11.5 Å². The summed E-state index contributed by atoms with van der Waals surface area (Å²) in [5.74, 6) is 0.563. The summed E-state index contributed by atoms with van der Waals surface area (Å²) in [7, 11) is 0. The van der Waals surface area contributed by atoms with Crippen molar-refractivity contribution in [1.82, 2.24) is 0 Å². The molecule has 2 rings (SSSR count). The number of hydrogen-bond acceptors (Lipinski definition) is 2. The highest BCUT2D eigenvalue weighted by molar-refractivity contribution is 5.92. The van der Waals surface area contributed by atoms with E-state index in [1.807, 2.05) is 6.08 Å². The minimum Gasteiger partial charge on any atom is -0.375 e. The number of allylic oxidation sites excluding steroid dienone is 2. The number of ketones is 1. The van der Waals surface area contributed by atoms with Gasteiger partial charge in [0.25, 0.3) is 0 Å². The van der Waals surface area contributed by atoms with Crippen LogP contribution in [0, 0.1) is 5.92 Å². The summed E-state index contributed by atoms with van der Waals surface area (Å²) in [5.41, 5.74) is 1.34. The fourth-order valence-electron chi connectivity index (χ4n) is 3.41. The molecule has 0 aromatic rings. The van der Waals surface area contributed by atoms with Gasteiger partial charge in [0.05, 0.1) is 5.60 Å². The maximum Gasteiger partial charge on any atom is 0.158 e. The van der Waals surface area contributed by atoms with Crippen LogP contribution in [0.1, 0.15) is 65.2 Å². The molecule has 1 heterocycles. The molecule has 1 unspecified atom stereocenters. The third-order valence-electron chi connectivity index (χ3n) is 4.66. The van der Waals surface area contributed by atoms with Crippen molar-refractivity contribution in [3.8, 4) is 0 Å². The fraction of sp³-hybridized carbons (Fsp3) is 0.812. The van der Waals surface area contributed by atoms with Crippen LogP contribution in [0.25, 0.3) is 0 Å². The van der Waals surface area contributed by atoms with E-state index in [1.165, 1.54) is 18.4 Å². The zero-order valence-electron chi connectivity index (χ0n) is 11.8. The van der Waals surface area contributed by atoms with Gasteiger partial charge in [-0.05, 0) is 44.6 Å². The number of hydrogen-bond donors (Lipinski definition) is 0. The molecular formula is C16H26O2. The van der Waals surface area contributed by atoms with Crippen LogP contribution >= 0.6 is 0 Å². The van der Waals surface area contributed by atoms with Crippen molar-refractivity contribution in [3.63, 3.8) is 0 Å². The van der Waals surface area contributed by atoms with Crippen molar-refractivity contribution in [3.05, 3.63) is 11.6 Å². The summed E-state index contributed by atoms with van der Waals surface area (Å²) in [6.45, 7) is 5.04. The number of carbonyl (C=O) groups excluding carboxylic acids is 1. The van der Waals surface area contributed by atoms with Crippen LogP contribution in [0.4, 0.5) is 0 Å². The Bertz CT molecular complexity index is 318. The van der Waals surface area contributed by atoms with Gasteiger partial charge in [-0.25, -0.2) is 0 Å². The molecule has 2 heteroatoms. The highest BCUT2D eigenvalue weighted by atomic mass is 16.5. The lowest BCUT2D eigenvalue weighted by Gasteiger charge is -2.37. The van der Waals surface area contributed by atoms with E-state index in [0.29, 0.717) is 5.78 Å². The van der Waals surface area contributed by atoms with Gasteiger partial charge < -0.3 is 4.74 Å². The van der Waals surface area contributed by atoms with E-state index in [9.17, 15) is 4.79 Å². The van der Waals surface area contributed by atoms with Gasteiger partial charge in [-0.15, -0.1) is 0 Å². The molecule has 0 amide bonds. The normalized spacial score (nSPS) is 26.2. The van der Waals surface area contributed by atoms with Crippen LogP contribution in [-0.4, -0.2) is 18.0 Å². The van der Waals surface area contributed by atoms with E-state index in [4.69, 9.17) is 4.74 Å². The Hall–Kier alpha value is -0.630.